The van der Waals surface area contributed by atoms with Crippen LogP contribution in [0.1, 0.15) is 11.3 Å². The van der Waals surface area contributed by atoms with E-state index in [1.165, 1.54) is 4.88 Å². The number of nitrogens with zero attached hydrogens (tertiary/aromatic N) is 2. The summed E-state index contributed by atoms with van der Waals surface area (Å²) >= 11 is 1.81. The maximum Gasteiger partial charge on any atom is 0.234 e. The van der Waals surface area contributed by atoms with Crippen molar-refractivity contribution < 1.29 is 9.53 Å². The minimum Gasteiger partial charge on any atom is -0.385 e. The minimum atomic E-state index is 0.123. The van der Waals surface area contributed by atoms with Crippen molar-refractivity contribution in [3.05, 3.63) is 22.4 Å². The SMILES string of the molecule is COCCCNC(=O)CN1CCN(Cc2cccs2)CC1. The summed E-state index contributed by atoms with van der Waals surface area (Å²) in [5.41, 5.74) is 0. The molecule has 21 heavy (non-hydrogen) atoms. The maximum atomic E-state index is 11.8. The van der Waals surface area contributed by atoms with Gasteiger partial charge in [-0.3, -0.25) is 14.6 Å². The first-order valence-electron chi connectivity index (χ1n) is 7.50. The monoisotopic (exact) mass is 311 g/mol. The molecule has 1 saturated heterocycles. The Morgan fingerprint density at radius 2 is 2.10 bits per heavy atom. The Hall–Kier alpha value is -0.950. The maximum absolute atomic E-state index is 11.8. The van der Waals surface area contributed by atoms with Crippen LogP contribution in [0.15, 0.2) is 17.5 Å². The molecule has 0 aromatic carbocycles. The fraction of sp³-hybridized carbons (Fsp3) is 0.667. The van der Waals surface area contributed by atoms with Crippen LogP contribution in [0.25, 0.3) is 0 Å². The van der Waals surface area contributed by atoms with Gasteiger partial charge in [0.05, 0.1) is 6.54 Å². The Morgan fingerprint density at radius 1 is 1.33 bits per heavy atom. The lowest BCUT2D eigenvalue weighted by Gasteiger charge is -2.34. The summed E-state index contributed by atoms with van der Waals surface area (Å²) in [6.45, 7) is 6.96. The van der Waals surface area contributed by atoms with Crippen molar-refractivity contribution in [1.29, 1.82) is 0 Å². The largest absolute Gasteiger partial charge is 0.385 e. The van der Waals surface area contributed by atoms with E-state index in [4.69, 9.17) is 4.74 Å². The average molecular weight is 311 g/mol. The van der Waals surface area contributed by atoms with Gasteiger partial charge < -0.3 is 10.1 Å². The molecule has 0 atom stereocenters. The smallest absolute Gasteiger partial charge is 0.234 e. The molecule has 1 aromatic rings. The molecule has 118 valence electrons. The molecular formula is C15H25N3O2S. The Morgan fingerprint density at radius 3 is 2.76 bits per heavy atom. The van der Waals surface area contributed by atoms with E-state index in [9.17, 15) is 4.79 Å². The molecule has 0 unspecified atom stereocenters. The molecule has 5 nitrogen and oxygen atoms in total. The predicted molar refractivity (Wildman–Crippen MR) is 85.5 cm³/mol. The molecule has 1 fully saturated rings. The number of ether oxygens (including phenoxy) is 1. The van der Waals surface area contributed by atoms with Gasteiger partial charge >= 0.3 is 0 Å². The zero-order valence-corrected chi connectivity index (χ0v) is 13.5. The molecule has 1 N–H and O–H groups in total. The highest BCUT2D eigenvalue weighted by atomic mass is 32.1. The summed E-state index contributed by atoms with van der Waals surface area (Å²) in [6, 6.07) is 4.29. The lowest BCUT2D eigenvalue weighted by Crippen LogP contribution is -2.49. The molecule has 0 spiro atoms. The van der Waals surface area contributed by atoms with Crippen molar-refractivity contribution in [2.45, 2.75) is 13.0 Å². The molecule has 1 aliphatic heterocycles. The first-order valence-corrected chi connectivity index (χ1v) is 8.38. The molecule has 1 amide bonds. The fourth-order valence-corrected chi connectivity index (χ4v) is 3.18. The molecule has 0 bridgehead atoms. The Balaban J connectivity index is 1.59. The van der Waals surface area contributed by atoms with Crippen LogP contribution in [0, 0.1) is 0 Å². The summed E-state index contributed by atoms with van der Waals surface area (Å²) in [6.07, 6.45) is 0.872. The highest BCUT2D eigenvalue weighted by Gasteiger charge is 2.18. The Bertz CT molecular complexity index is 403. The van der Waals surface area contributed by atoms with Crippen LogP contribution in [-0.4, -0.2) is 68.7 Å². The van der Waals surface area contributed by atoms with E-state index >= 15 is 0 Å². The average Bonchev–Trinajstić information content (AvgIpc) is 2.99. The zero-order valence-electron chi connectivity index (χ0n) is 12.7. The van der Waals surface area contributed by atoms with E-state index in [1.807, 2.05) is 11.3 Å². The van der Waals surface area contributed by atoms with Gasteiger partial charge in [0.2, 0.25) is 5.91 Å². The number of methoxy groups -OCH3 is 1. The first-order chi connectivity index (χ1) is 10.3. The van der Waals surface area contributed by atoms with Crippen molar-refractivity contribution >= 4 is 17.2 Å². The number of amides is 1. The fourth-order valence-electron chi connectivity index (χ4n) is 2.43. The minimum absolute atomic E-state index is 0.123. The first kappa shape index (κ1) is 16.4. The zero-order chi connectivity index (χ0) is 14.9. The summed E-state index contributed by atoms with van der Waals surface area (Å²) in [7, 11) is 1.68. The second-order valence-electron chi connectivity index (χ2n) is 5.33. The van der Waals surface area contributed by atoms with Crippen LogP contribution in [0.4, 0.5) is 0 Å². The van der Waals surface area contributed by atoms with Crippen LogP contribution >= 0.6 is 11.3 Å². The summed E-state index contributed by atoms with van der Waals surface area (Å²) < 4.78 is 4.96. The molecule has 0 saturated carbocycles. The normalized spacial score (nSPS) is 17.0. The van der Waals surface area contributed by atoms with Gasteiger partial charge in [0, 0.05) is 57.9 Å². The highest BCUT2D eigenvalue weighted by Crippen LogP contribution is 2.13. The third kappa shape index (κ3) is 6.13. The highest BCUT2D eigenvalue weighted by molar-refractivity contribution is 7.09. The topological polar surface area (TPSA) is 44.8 Å². The van der Waals surface area contributed by atoms with Gasteiger partial charge in [-0.1, -0.05) is 6.07 Å². The molecule has 0 aliphatic carbocycles. The third-order valence-corrected chi connectivity index (χ3v) is 4.50. The van der Waals surface area contributed by atoms with Gasteiger partial charge in [-0.05, 0) is 17.9 Å². The molecule has 6 heteroatoms. The van der Waals surface area contributed by atoms with Gasteiger partial charge in [0.25, 0.3) is 0 Å². The van der Waals surface area contributed by atoms with Crippen molar-refractivity contribution in [3.63, 3.8) is 0 Å². The molecule has 2 heterocycles. The number of rotatable bonds is 8. The summed E-state index contributed by atoms with van der Waals surface area (Å²) in [4.78, 5) is 17.9. The lowest BCUT2D eigenvalue weighted by molar-refractivity contribution is -0.122. The van der Waals surface area contributed by atoms with Crippen LogP contribution in [0.2, 0.25) is 0 Å². The second kappa shape index (κ2) is 9.15. The van der Waals surface area contributed by atoms with Crippen LogP contribution in [0.3, 0.4) is 0 Å². The second-order valence-corrected chi connectivity index (χ2v) is 6.36. The van der Waals surface area contributed by atoms with Crippen molar-refractivity contribution in [2.75, 3.05) is 53.0 Å². The number of nitrogens with one attached hydrogen (secondary N) is 1. The van der Waals surface area contributed by atoms with Gasteiger partial charge in [0.1, 0.15) is 0 Å². The molecule has 1 aliphatic rings. The van der Waals surface area contributed by atoms with E-state index in [0.29, 0.717) is 19.7 Å². The summed E-state index contributed by atoms with van der Waals surface area (Å²) in [5.74, 6) is 0.123. The standard InChI is InChI=1S/C15H25N3O2S/c1-20-10-3-5-16-15(19)13-18-8-6-17(7-9-18)12-14-4-2-11-21-14/h2,4,11H,3,5-10,12-13H2,1H3,(H,16,19). The molecular weight excluding hydrogens is 286 g/mol. The van der Waals surface area contributed by atoms with Crippen LogP contribution in [-0.2, 0) is 16.1 Å². The van der Waals surface area contributed by atoms with Crippen molar-refractivity contribution in [3.8, 4) is 0 Å². The number of hydrogen-bond acceptors (Lipinski definition) is 5. The van der Waals surface area contributed by atoms with Crippen molar-refractivity contribution in [2.24, 2.45) is 0 Å². The molecule has 0 radical (unpaired) electrons. The Kier molecular flexibility index (Phi) is 7.15. The third-order valence-electron chi connectivity index (χ3n) is 3.64. The number of carbonyl (C=O) groups is 1. The lowest BCUT2D eigenvalue weighted by atomic mass is 10.3. The van der Waals surface area contributed by atoms with E-state index in [2.05, 4.69) is 32.6 Å². The molecule has 1 aromatic heterocycles. The number of carbonyl (C=O) groups excluding carboxylic acids is 1. The number of hydrogen-bond donors (Lipinski definition) is 1. The summed E-state index contributed by atoms with van der Waals surface area (Å²) in [5, 5.41) is 5.06. The van der Waals surface area contributed by atoms with Gasteiger partial charge in [-0.2, -0.15) is 0 Å². The number of piperazine rings is 1. The van der Waals surface area contributed by atoms with Gasteiger partial charge in [-0.15, -0.1) is 11.3 Å². The van der Waals surface area contributed by atoms with E-state index in [1.54, 1.807) is 7.11 Å². The van der Waals surface area contributed by atoms with Crippen molar-refractivity contribution in [1.82, 2.24) is 15.1 Å². The van der Waals surface area contributed by atoms with E-state index < -0.39 is 0 Å². The number of thiophene rings is 1. The quantitative estimate of drug-likeness (QED) is 0.728. The van der Waals surface area contributed by atoms with Gasteiger partial charge in [-0.25, -0.2) is 0 Å². The van der Waals surface area contributed by atoms with Crippen LogP contribution < -0.4 is 5.32 Å². The molecule has 2 rings (SSSR count). The van der Waals surface area contributed by atoms with E-state index in [-0.39, 0.29) is 5.91 Å². The van der Waals surface area contributed by atoms with E-state index in [0.717, 1.165) is 39.1 Å². The predicted octanol–water partition coefficient (Wildman–Crippen LogP) is 1.02. The Labute approximate surface area is 130 Å². The van der Waals surface area contributed by atoms with Gasteiger partial charge in [0.15, 0.2) is 0 Å². The van der Waals surface area contributed by atoms with Crippen LogP contribution in [0.5, 0.6) is 0 Å².